The maximum absolute atomic E-state index is 5.43. The van der Waals surface area contributed by atoms with Gasteiger partial charge in [0.1, 0.15) is 5.84 Å². The molecule has 8 heavy (non-hydrogen) atoms. The third-order valence-electron chi connectivity index (χ3n) is 0.993. The van der Waals surface area contributed by atoms with Crippen LogP contribution >= 0.6 is 15.9 Å². The van der Waals surface area contributed by atoms with E-state index in [9.17, 15) is 0 Å². The van der Waals surface area contributed by atoms with Crippen molar-refractivity contribution in [1.29, 1.82) is 0 Å². The van der Waals surface area contributed by atoms with Gasteiger partial charge in [0, 0.05) is 6.20 Å². The number of alkyl halides is 1. The van der Waals surface area contributed by atoms with Crippen LogP contribution in [0.5, 0.6) is 0 Å². The summed E-state index contributed by atoms with van der Waals surface area (Å²) < 4.78 is 0. The Morgan fingerprint density at radius 2 is 2.62 bits per heavy atom. The summed E-state index contributed by atoms with van der Waals surface area (Å²) in [7, 11) is 0. The van der Waals surface area contributed by atoms with E-state index >= 15 is 0 Å². The SMILES string of the molecule is NC1=NC=CCC1Br. The molecule has 1 unspecified atom stereocenters. The van der Waals surface area contributed by atoms with Crippen molar-refractivity contribution in [2.75, 3.05) is 0 Å². The zero-order valence-corrected chi connectivity index (χ0v) is 5.93. The highest BCUT2D eigenvalue weighted by Gasteiger charge is 2.07. The second-order valence-corrected chi connectivity index (χ2v) is 2.75. The molecule has 0 aromatic carbocycles. The number of hydrogen-bond donors (Lipinski definition) is 1. The number of nitrogens with two attached hydrogens (primary N) is 1. The maximum atomic E-state index is 5.43. The van der Waals surface area contributed by atoms with Crippen LogP contribution in [0.2, 0.25) is 0 Å². The van der Waals surface area contributed by atoms with Crippen molar-refractivity contribution in [3.05, 3.63) is 12.3 Å². The number of halogens is 1. The summed E-state index contributed by atoms with van der Waals surface area (Å²) in [6, 6.07) is 0. The van der Waals surface area contributed by atoms with Crippen LogP contribution in [-0.2, 0) is 0 Å². The zero-order valence-electron chi connectivity index (χ0n) is 4.34. The molecule has 1 atom stereocenters. The Balaban J connectivity index is 2.66. The monoisotopic (exact) mass is 174 g/mol. The van der Waals surface area contributed by atoms with Crippen molar-refractivity contribution < 1.29 is 0 Å². The predicted molar refractivity (Wildman–Crippen MR) is 38.1 cm³/mol. The second kappa shape index (κ2) is 2.31. The van der Waals surface area contributed by atoms with Crippen LogP contribution in [0.15, 0.2) is 17.3 Å². The van der Waals surface area contributed by atoms with Crippen LogP contribution in [0.3, 0.4) is 0 Å². The number of rotatable bonds is 0. The first-order valence-electron chi connectivity index (χ1n) is 2.43. The lowest BCUT2D eigenvalue weighted by Crippen LogP contribution is -2.24. The topological polar surface area (TPSA) is 38.4 Å². The average Bonchev–Trinajstić information content (AvgIpc) is 1.77. The Labute approximate surface area is 56.6 Å². The van der Waals surface area contributed by atoms with E-state index in [1.807, 2.05) is 6.08 Å². The van der Waals surface area contributed by atoms with Gasteiger partial charge in [0.15, 0.2) is 0 Å². The van der Waals surface area contributed by atoms with Gasteiger partial charge in [0.05, 0.1) is 4.83 Å². The van der Waals surface area contributed by atoms with E-state index in [0.29, 0.717) is 5.84 Å². The van der Waals surface area contributed by atoms with E-state index in [4.69, 9.17) is 5.73 Å². The normalized spacial score (nSPS) is 27.6. The zero-order chi connectivity index (χ0) is 5.98. The molecule has 0 aromatic heterocycles. The van der Waals surface area contributed by atoms with E-state index in [1.165, 1.54) is 0 Å². The Morgan fingerprint density at radius 1 is 1.88 bits per heavy atom. The molecule has 0 radical (unpaired) electrons. The summed E-state index contributed by atoms with van der Waals surface area (Å²) in [5, 5.41) is 0. The third-order valence-corrected chi connectivity index (χ3v) is 1.84. The van der Waals surface area contributed by atoms with E-state index in [-0.39, 0.29) is 4.83 Å². The molecule has 0 saturated heterocycles. The molecule has 0 aliphatic carbocycles. The van der Waals surface area contributed by atoms with E-state index in [1.54, 1.807) is 6.20 Å². The Morgan fingerprint density at radius 3 is 3.00 bits per heavy atom. The Hall–Kier alpha value is -0.310. The van der Waals surface area contributed by atoms with Crippen molar-refractivity contribution in [2.24, 2.45) is 10.7 Å². The summed E-state index contributed by atoms with van der Waals surface area (Å²) in [5.41, 5.74) is 5.43. The summed E-state index contributed by atoms with van der Waals surface area (Å²) in [4.78, 5) is 4.13. The lowest BCUT2D eigenvalue weighted by Gasteiger charge is -2.07. The van der Waals surface area contributed by atoms with E-state index in [0.717, 1.165) is 6.42 Å². The molecule has 44 valence electrons. The number of hydrogen-bond acceptors (Lipinski definition) is 2. The van der Waals surface area contributed by atoms with E-state index in [2.05, 4.69) is 20.9 Å². The van der Waals surface area contributed by atoms with Gasteiger partial charge < -0.3 is 5.73 Å². The Kier molecular flexibility index (Phi) is 1.68. The van der Waals surface area contributed by atoms with Crippen molar-refractivity contribution in [1.82, 2.24) is 0 Å². The average molecular weight is 175 g/mol. The molecule has 1 heterocycles. The molecular weight excluding hydrogens is 168 g/mol. The standard InChI is InChI=1S/C5H7BrN2/c6-4-2-1-3-8-5(4)7/h1,3-4H,2H2,(H2,7,8). The second-order valence-electron chi connectivity index (χ2n) is 1.64. The van der Waals surface area contributed by atoms with Crippen LogP contribution in [-0.4, -0.2) is 10.7 Å². The van der Waals surface area contributed by atoms with Crippen LogP contribution in [0.4, 0.5) is 0 Å². The number of amidine groups is 1. The van der Waals surface area contributed by atoms with Crippen molar-refractivity contribution >= 4 is 21.8 Å². The predicted octanol–water partition coefficient (Wildman–Crippen LogP) is 1.02. The van der Waals surface area contributed by atoms with Crippen LogP contribution in [0, 0.1) is 0 Å². The highest BCUT2D eigenvalue weighted by molar-refractivity contribution is 9.10. The summed E-state index contributed by atoms with van der Waals surface area (Å²) >= 11 is 3.35. The highest BCUT2D eigenvalue weighted by Crippen LogP contribution is 2.09. The van der Waals surface area contributed by atoms with Crippen molar-refractivity contribution in [2.45, 2.75) is 11.2 Å². The first-order chi connectivity index (χ1) is 3.80. The molecule has 0 aromatic rings. The molecule has 0 saturated carbocycles. The molecule has 1 rings (SSSR count). The highest BCUT2D eigenvalue weighted by atomic mass is 79.9. The van der Waals surface area contributed by atoms with Crippen LogP contribution < -0.4 is 5.73 Å². The molecule has 2 N–H and O–H groups in total. The smallest absolute Gasteiger partial charge is 0.113 e. The number of allylic oxidation sites excluding steroid dienone is 1. The summed E-state index contributed by atoms with van der Waals surface area (Å²) in [5.74, 6) is 0.674. The molecule has 2 nitrogen and oxygen atoms in total. The van der Waals surface area contributed by atoms with Gasteiger partial charge in [-0.1, -0.05) is 22.0 Å². The van der Waals surface area contributed by atoms with Crippen molar-refractivity contribution in [3.63, 3.8) is 0 Å². The molecular formula is C5H7BrN2. The van der Waals surface area contributed by atoms with Crippen molar-refractivity contribution in [3.8, 4) is 0 Å². The maximum Gasteiger partial charge on any atom is 0.113 e. The molecule has 1 aliphatic rings. The molecule has 0 fully saturated rings. The summed E-state index contributed by atoms with van der Waals surface area (Å²) in [6.45, 7) is 0. The van der Waals surface area contributed by atoms with Gasteiger partial charge in [0.2, 0.25) is 0 Å². The fraction of sp³-hybridized carbons (Fsp3) is 0.400. The third kappa shape index (κ3) is 1.10. The van der Waals surface area contributed by atoms with Gasteiger partial charge in [-0.25, -0.2) is 4.99 Å². The first-order valence-corrected chi connectivity index (χ1v) is 3.34. The number of nitrogens with zero attached hydrogens (tertiary/aromatic N) is 1. The van der Waals surface area contributed by atoms with Gasteiger partial charge in [0.25, 0.3) is 0 Å². The fourth-order valence-electron chi connectivity index (χ4n) is 0.521. The fourth-order valence-corrected chi connectivity index (χ4v) is 0.855. The minimum atomic E-state index is 0.257. The molecule has 0 amide bonds. The molecule has 0 spiro atoms. The largest absolute Gasteiger partial charge is 0.386 e. The molecule has 0 bridgehead atoms. The Bertz CT molecular complexity index is 139. The molecule has 1 aliphatic heterocycles. The van der Waals surface area contributed by atoms with Gasteiger partial charge in [-0.2, -0.15) is 0 Å². The van der Waals surface area contributed by atoms with Gasteiger partial charge in [-0.3, -0.25) is 0 Å². The van der Waals surface area contributed by atoms with Gasteiger partial charge >= 0.3 is 0 Å². The van der Waals surface area contributed by atoms with Gasteiger partial charge in [-0.15, -0.1) is 0 Å². The molecule has 3 heteroatoms. The number of aliphatic imine (C=N–C) groups is 1. The van der Waals surface area contributed by atoms with Crippen LogP contribution in [0.25, 0.3) is 0 Å². The lowest BCUT2D eigenvalue weighted by atomic mass is 10.2. The summed E-state index contributed by atoms with van der Waals surface area (Å²) in [6.07, 6.45) is 4.66. The van der Waals surface area contributed by atoms with E-state index < -0.39 is 0 Å². The van der Waals surface area contributed by atoms with Crippen LogP contribution in [0.1, 0.15) is 6.42 Å². The quantitative estimate of drug-likeness (QED) is 0.548. The lowest BCUT2D eigenvalue weighted by molar-refractivity contribution is 1.08. The van der Waals surface area contributed by atoms with Gasteiger partial charge in [-0.05, 0) is 6.42 Å². The minimum absolute atomic E-state index is 0.257. The minimum Gasteiger partial charge on any atom is -0.386 e. The first kappa shape index (κ1) is 5.82.